The number of hydrogen-bond acceptors (Lipinski definition) is 4. The van der Waals surface area contributed by atoms with Crippen molar-refractivity contribution in [3.8, 4) is 0 Å². The van der Waals surface area contributed by atoms with E-state index in [0.717, 1.165) is 5.56 Å². The van der Waals surface area contributed by atoms with Crippen molar-refractivity contribution >= 4 is 23.2 Å². The van der Waals surface area contributed by atoms with Crippen molar-refractivity contribution in [1.82, 2.24) is 9.72 Å². The zero-order chi connectivity index (χ0) is 18.7. The molecule has 26 heavy (non-hydrogen) atoms. The summed E-state index contributed by atoms with van der Waals surface area (Å²) >= 11 is 6.17. The van der Waals surface area contributed by atoms with Gasteiger partial charge in [0, 0.05) is 17.3 Å². The molecule has 7 heteroatoms. The molecular weight excluding hydrogens is 354 g/mol. The van der Waals surface area contributed by atoms with Gasteiger partial charge in [0.2, 0.25) is 0 Å². The Kier molecular flexibility index (Phi) is 5.23. The lowest BCUT2D eigenvalue weighted by molar-refractivity contribution is 0.102. The van der Waals surface area contributed by atoms with Crippen molar-refractivity contribution in [2.45, 2.75) is 26.8 Å². The minimum Gasteiger partial charge on any atom is -0.361 e. The third kappa shape index (κ3) is 3.70. The molecule has 3 aromatic rings. The molecule has 0 unspecified atom stereocenters. The molecule has 0 atom stereocenters. The van der Waals surface area contributed by atoms with E-state index in [4.69, 9.17) is 16.1 Å². The topological polar surface area (TPSA) is 77.1 Å². The summed E-state index contributed by atoms with van der Waals surface area (Å²) in [5, 5.41) is 7.27. The quantitative estimate of drug-likeness (QED) is 0.742. The third-order valence-electron chi connectivity index (χ3n) is 4.04. The van der Waals surface area contributed by atoms with Crippen molar-refractivity contribution in [3.05, 3.63) is 80.6 Å². The molecule has 1 amide bonds. The van der Waals surface area contributed by atoms with E-state index < -0.39 is 0 Å². The van der Waals surface area contributed by atoms with Gasteiger partial charge in [0.1, 0.15) is 11.3 Å². The predicted molar refractivity (Wildman–Crippen MR) is 99.8 cm³/mol. The Morgan fingerprint density at radius 3 is 2.77 bits per heavy atom. The van der Waals surface area contributed by atoms with Gasteiger partial charge in [0.05, 0.1) is 17.9 Å². The lowest BCUT2D eigenvalue weighted by atomic mass is 10.1. The lowest BCUT2D eigenvalue weighted by Crippen LogP contribution is -2.21. The maximum Gasteiger partial charge on any atom is 0.261 e. The van der Waals surface area contributed by atoms with Crippen molar-refractivity contribution < 1.29 is 9.32 Å². The van der Waals surface area contributed by atoms with E-state index >= 15 is 0 Å². The summed E-state index contributed by atoms with van der Waals surface area (Å²) in [7, 11) is 0. The standard InChI is InChI=1S/C19H18ClN3O3/c1-3-16-18(12(2)26-22-16)19(25)21-14-8-9-17(24)23(11-14)10-13-6-4-5-7-15(13)20/h4-9,11H,3,10H2,1-2H3,(H,21,25). The van der Waals surface area contributed by atoms with Crippen molar-refractivity contribution in [3.63, 3.8) is 0 Å². The molecule has 3 rings (SSSR count). The SMILES string of the molecule is CCc1noc(C)c1C(=O)Nc1ccc(=O)n(Cc2ccccc2Cl)c1. The minimum atomic E-state index is -0.316. The molecule has 1 N–H and O–H groups in total. The number of nitrogens with one attached hydrogen (secondary N) is 1. The van der Waals surface area contributed by atoms with Gasteiger partial charge in [-0.15, -0.1) is 0 Å². The third-order valence-corrected chi connectivity index (χ3v) is 4.40. The second kappa shape index (κ2) is 7.58. The molecule has 0 spiro atoms. The smallest absolute Gasteiger partial charge is 0.261 e. The van der Waals surface area contributed by atoms with Crippen LogP contribution in [0.15, 0.2) is 51.9 Å². The number of aromatic nitrogens is 2. The summed E-state index contributed by atoms with van der Waals surface area (Å²) < 4.78 is 6.60. The first-order valence-corrected chi connectivity index (χ1v) is 8.57. The van der Waals surface area contributed by atoms with Gasteiger partial charge in [-0.25, -0.2) is 0 Å². The second-order valence-corrected chi connectivity index (χ2v) is 6.25. The van der Waals surface area contributed by atoms with Crippen LogP contribution in [-0.4, -0.2) is 15.6 Å². The molecule has 134 valence electrons. The van der Waals surface area contributed by atoms with E-state index in [-0.39, 0.29) is 11.5 Å². The van der Waals surface area contributed by atoms with Crippen LogP contribution >= 0.6 is 11.6 Å². The van der Waals surface area contributed by atoms with Crippen LogP contribution in [0.1, 0.15) is 34.3 Å². The van der Waals surface area contributed by atoms with E-state index in [9.17, 15) is 9.59 Å². The highest BCUT2D eigenvalue weighted by Gasteiger charge is 2.19. The summed E-state index contributed by atoms with van der Waals surface area (Å²) in [6, 6.07) is 10.3. The highest BCUT2D eigenvalue weighted by molar-refractivity contribution is 6.31. The average Bonchev–Trinajstić information content (AvgIpc) is 3.00. The van der Waals surface area contributed by atoms with Crippen molar-refractivity contribution in [2.24, 2.45) is 0 Å². The second-order valence-electron chi connectivity index (χ2n) is 5.84. The number of carbonyl (C=O) groups excluding carboxylic acids is 1. The Morgan fingerprint density at radius 1 is 1.27 bits per heavy atom. The number of amides is 1. The van der Waals surface area contributed by atoms with Gasteiger partial charge < -0.3 is 14.4 Å². The Hall–Kier alpha value is -2.86. The molecule has 0 bridgehead atoms. The van der Waals surface area contributed by atoms with Crippen LogP contribution in [-0.2, 0) is 13.0 Å². The normalized spacial score (nSPS) is 10.7. The molecule has 6 nitrogen and oxygen atoms in total. The van der Waals surface area contributed by atoms with E-state index in [1.807, 2.05) is 25.1 Å². The van der Waals surface area contributed by atoms with Crippen LogP contribution in [0.3, 0.4) is 0 Å². The molecule has 0 aliphatic rings. The molecule has 0 saturated heterocycles. The lowest BCUT2D eigenvalue weighted by Gasteiger charge is -2.10. The highest BCUT2D eigenvalue weighted by atomic mass is 35.5. The van der Waals surface area contributed by atoms with Crippen LogP contribution < -0.4 is 10.9 Å². The maximum absolute atomic E-state index is 12.6. The Bertz CT molecular complexity index is 1010. The largest absolute Gasteiger partial charge is 0.361 e. The number of pyridine rings is 1. The van der Waals surface area contributed by atoms with Crippen LogP contribution in [0, 0.1) is 6.92 Å². The zero-order valence-electron chi connectivity index (χ0n) is 14.5. The van der Waals surface area contributed by atoms with Gasteiger partial charge >= 0.3 is 0 Å². The first kappa shape index (κ1) is 17.9. The van der Waals surface area contributed by atoms with Gasteiger partial charge in [0.15, 0.2) is 0 Å². The van der Waals surface area contributed by atoms with Crippen LogP contribution in [0.2, 0.25) is 5.02 Å². The van der Waals surface area contributed by atoms with Crippen molar-refractivity contribution in [1.29, 1.82) is 0 Å². The van der Waals surface area contributed by atoms with Gasteiger partial charge in [-0.2, -0.15) is 0 Å². The number of halogens is 1. The molecule has 0 aliphatic heterocycles. The number of hydrogen-bond donors (Lipinski definition) is 1. The van der Waals surface area contributed by atoms with E-state index in [0.29, 0.717) is 40.7 Å². The van der Waals surface area contributed by atoms with Crippen LogP contribution in [0.5, 0.6) is 0 Å². The monoisotopic (exact) mass is 371 g/mol. The average molecular weight is 372 g/mol. The molecule has 2 aromatic heterocycles. The molecule has 0 fully saturated rings. The van der Waals surface area contributed by atoms with Gasteiger partial charge in [0.25, 0.3) is 11.5 Å². The summed E-state index contributed by atoms with van der Waals surface area (Å²) in [6.45, 7) is 3.91. The summed E-state index contributed by atoms with van der Waals surface area (Å²) in [6.07, 6.45) is 2.18. The van der Waals surface area contributed by atoms with Crippen molar-refractivity contribution in [2.75, 3.05) is 5.32 Å². The van der Waals surface area contributed by atoms with Gasteiger partial charge in [-0.1, -0.05) is 41.9 Å². The molecule has 1 aromatic carbocycles. The number of nitrogens with zero attached hydrogens (tertiary/aromatic N) is 2. The van der Waals surface area contributed by atoms with Crippen LogP contribution in [0.4, 0.5) is 5.69 Å². The Balaban J connectivity index is 1.86. The number of anilines is 1. The summed E-state index contributed by atoms with van der Waals surface area (Å²) in [5.41, 5.74) is 2.17. The number of aryl methyl sites for hydroxylation is 2. The summed E-state index contributed by atoms with van der Waals surface area (Å²) in [4.78, 5) is 24.7. The van der Waals surface area contributed by atoms with E-state index in [1.165, 1.54) is 10.6 Å². The number of carbonyl (C=O) groups is 1. The van der Waals surface area contributed by atoms with Crippen LogP contribution in [0.25, 0.3) is 0 Å². The molecule has 2 heterocycles. The number of benzene rings is 1. The Morgan fingerprint density at radius 2 is 2.04 bits per heavy atom. The first-order chi connectivity index (χ1) is 12.5. The zero-order valence-corrected chi connectivity index (χ0v) is 15.2. The molecule has 0 aliphatic carbocycles. The van der Waals surface area contributed by atoms with Gasteiger partial charge in [-0.3, -0.25) is 9.59 Å². The highest BCUT2D eigenvalue weighted by Crippen LogP contribution is 2.18. The minimum absolute atomic E-state index is 0.182. The maximum atomic E-state index is 12.6. The van der Waals surface area contributed by atoms with E-state index in [2.05, 4.69) is 10.5 Å². The fourth-order valence-corrected chi connectivity index (χ4v) is 2.88. The van der Waals surface area contributed by atoms with Gasteiger partial charge in [-0.05, 0) is 31.0 Å². The molecular formula is C19H18ClN3O3. The summed E-state index contributed by atoms with van der Waals surface area (Å²) in [5.74, 6) is 0.146. The fourth-order valence-electron chi connectivity index (χ4n) is 2.68. The molecule has 0 saturated carbocycles. The molecule has 0 radical (unpaired) electrons. The first-order valence-electron chi connectivity index (χ1n) is 8.20. The van der Waals surface area contributed by atoms with E-state index in [1.54, 1.807) is 25.3 Å². The Labute approximate surface area is 155 Å². The predicted octanol–water partition coefficient (Wildman–Crippen LogP) is 3.66. The number of rotatable bonds is 5. The fraction of sp³-hybridized carbons (Fsp3) is 0.211.